The van der Waals surface area contributed by atoms with Crippen molar-refractivity contribution in [3.8, 4) is 0 Å². The molecule has 170 valence electrons. The number of aromatic amines is 1. The second kappa shape index (κ2) is 8.19. The van der Waals surface area contributed by atoms with Crippen molar-refractivity contribution in [2.45, 2.75) is 45.8 Å². The summed E-state index contributed by atoms with van der Waals surface area (Å²) < 4.78 is 30.3. The number of hydrogen-bond donors (Lipinski definition) is 2. The normalized spacial score (nSPS) is 25.4. The smallest absolute Gasteiger partial charge is 0.132 e. The summed E-state index contributed by atoms with van der Waals surface area (Å²) in [4.78, 5) is 7.86. The molecule has 4 unspecified atom stereocenters. The van der Waals surface area contributed by atoms with Crippen molar-refractivity contribution in [3.63, 3.8) is 0 Å². The Hall–Kier alpha value is -2.96. The first kappa shape index (κ1) is 22.2. The summed E-state index contributed by atoms with van der Waals surface area (Å²) in [5.41, 5.74) is 8.34. The predicted octanol–water partition coefficient (Wildman–Crippen LogP) is 5.08. The number of rotatable bonds is 6. The molecule has 0 bridgehead atoms. The fourth-order valence-electron chi connectivity index (χ4n) is 5.24. The van der Waals surface area contributed by atoms with E-state index in [9.17, 15) is 4.39 Å². The van der Waals surface area contributed by atoms with Gasteiger partial charge >= 0.3 is 0 Å². The maximum Gasteiger partial charge on any atom is 0.132 e. The Balaban J connectivity index is 1.67. The number of alkyl halides is 1. The monoisotopic (exact) mass is 439 g/mol. The zero-order valence-corrected chi connectivity index (χ0v) is 19.1. The zero-order valence-electron chi connectivity index (χ0n) is 19.1. The molecule has 2 aliphatic heterocycles. The first-order valence-corrected chi connectivity index (χ1v) is 11.1. The van der Waals surface area contributed by atoms with E-state index in [1.165, 1.54) is 6.07 Å². The summed E-state index contributed by atoms with van der Waals surface area (Å²) in [6.07, 6.45) is 4.40. The van der Waals surface area contributed by atoms with Crippen LogP contribution in [0.15, 0.2) is 47.1 Å². The van der Waals surface area contributed by atoms with E-state index < -0.39 is 11.7 Å². The van der Waals surface area contributed by atoms with Crippen molar-refractivity contribution in [1.29, 1.82) is 0 Å². The molecule has 1 aromatic heterocycles. The minimum atomic E-state index is -1.53. The lowest BCUT2D eigenvalue weighted by molar-refractivity contribution is 0.131. The molecule has 1 aromatic carbocycles. The van der Waals surface area contributed by atoms with Gasteiger partial charge in [-0.2, -0.15) is 5.10 Å². The molecule has 4 rings (SSSR count). The van der Waals surface area contributed by atoms with Gasteiger partial charge in [-0.15, -0.1) is 0 Å². The van der Waals surface area contributed by atoms with Gasteiger partial charge in [-0.3, -0.25) is 10.0 Å². The average Bonchev–Trinajstić information content (AvgIpc) is 3.44. The van der Waals surface area contributed by atoms with E-state index in [1.807, 2.05) is 25.3 Å². The van der Waals surface area contributed by atoms with Crippen molar-refractivity contribution in [1.82, 2.24) is 4.98 Å². The van der Waals surface area contributed by atoms with E-state index in [4.69, 9.17) is 10.7 Å². The van der Waals surface area contributed by atoms with Crippen LogP contribution in [0.4, 0.5) is 14.5 Å². The molecule has 0 radical (unpaired) electrons. The molecule has 0 spiro atoms. The quantitative estimate of drug-likeness (QED) is 0.659. The molecule has 0 saturated heterocycles. The largest absolute Gasteiger partial charge is 0.398 e. The van der Waals surface area contributed by atoms with Gasteiger partial charge in [0.15, 0.2) is 0 Å². The fourth-order valence-corrected chi connectivity index (χ4v) is 5.24. The van der Waals surface area contributed by atoms with Crippen LogP contribution < -0.4 is 10.7 Å². The number of benzene rings is 1. The van der Waals surface area contributed by atoms with Crippen LogP contribution in [0, 0.1) is 30.5 Å². The Labute approximate surface area is 188 Å². The highest BCUT2D eigenvalue weighted by Crippen LogP contribution is 2.43. The Morgan fingerprint density at radius 2 is 2.12 bits per heavy atom. The van der Waals surface area contributed by atoms with E-state index in [0.717, 1.165) is 23.4 Å². The number of hydrogen-bond acceptors (Lipinski definition) is 4. The van der Waals surface area contributed by atoms with Gasteiger partial charge in [0.1, 0.15) is 11.5 Å². The van der Waals surface area contributed by atoms with Crippen molar-refractivity contribution in [3.05, 3.63) is 59.7 Å². The molecule has 0 fully saturated rings. The summed E-state index contributed by atoms with van der Waals surface area (Å²) in [5.74, 6) is -0.371. The molecule has 3 heterocycles. The third-order valence-corrected chi connectivity index (χ3v) is 6.73. The second-order valence-corrected chi connectivity index (χ2v) is 9.33. The van der Waals surface area contributed by atoms with E-state index in [1.54, 1.807) is 31.1 Å². The molecule has 3 N–H and O–H groups in total. The zero-order chi connectivity index (χ0) is 23.2. The summed E-state index contributed by atoms with van der Waals surface area (Å²) >= 11 is 0. The third-order valence-electron chi connectivity index (χ3n) is 6.73. The second-order valence-electron chi connectivity index (χ2n) is 9.33. The summed E-state index contributed by atoms with van der Waals surface area (Å²) in [5, 5.41) is 6.34. The number of H-pyrrole nitrogens is 1. The van der Waals surface area contributed by atoms with Gasteiger partial charge in [0.2, 0.25) is 0 Å². The average molecular weight is 440 g/mol. The van der Waals surface area contributed by atoms with E-state index >= 15 is 4.39 Å². The minimum absolute atomic E-state index is 0.0254. The third kappa shape index (κ3) is 3.74. The van der Waals surface area contributed by atoms with Crippen molar-refractivity contribution >= 4 is 23.3 Å². The van der Waals surface area contributed by atoms with Crippen LogP contribution in [-0.2, 0) is 0 Å². The highest BCUT2D eigenvalue weighted by atomic mass is 19.1. The van der Waals surface area contributed by atoms with E-state index in [2.05, 4.69) is 23.6 Å². The number of halogens is 2. The lowest BCUT2D eigenvalue weighted by Crippen LogP contribution is -2.49. The maximum atomic E-state index is 15.6. The van der Waals surface area contributed by atoms with Crippen molar-refractivity contribution in [2.24, 2.45) is 33.6 Å². The van der Waals surface area contributed by atoms with Gasteiger partial charge in [0.05, 0.1) is 17.4 Å². The SMILES string of the molecule is C=C(N)c1cc(N2N=CC(C3CN=C(c4c(C)cccc4F)C3CC)C2C(C)(C)F)c[nH]1. The number of hydrazone groups is 1. The molecule has 5 nitrogen and oxygen atoms in total. The number of aliphatic imine (C=N–C) groups is 1. The highest BCUT2D eigenvalue weighted by Gasteiger charge is 2.50. The first-order valence-electron chi connectivity index (χ1n) is 11.1. The molecule has 32 heavy (non-hydrogen) atoms. The molecule has 4 atom stereocenters. The molecule has 0 aliphatic carbocycles. The van der Waals surface area contributed by atoms with Crippen molar-refractivity contribution in [2.75, 3.05) is 11.6 Å². The van der Waals surface area contributed by atoms with Crippen LogP contribution in [0.1, 0.15) is 44.0 Å². The van der Waals surface area contributed by atoms with Gasteiger partial charge in [0, 0.05) is 47.8 Å². The van der Waals surface area contributed by atoms with Gasteiger partial charge in [0.25, 0.3) is 0 Å². The Morgan fingerprint density at radius 3 is 2.72 bits per heavy atom. The maximum absolute atomic E-state index is 15.6. The molecule has 7 heteroatoms. The van der Waals surface area contributed by atoms with Gasteiger partial charge in [-0.1, -0.05) is 25.6 Å². The number of nitrogens with zero attached hydrogens (tertiary/aromatic N) is 3. The first-order chi connectivity index (χ1) is 15.1. The molecule has 0 saturated carbocycles. The minimum Gasteiger partial charge on any atom is -0.398 e. The highest BCUT2D eigenvalue weighted by molar-refractivity contribution is 6.05. The molecule has 2 aliphatic rings. The Kier molecular flexibility index (Phi) is 5.69. The number of aryl methyl sites for hydroxylation is 1. The lowest BCUT2D eigenvalue weighted by atomic mass is 9.73. The Morgan fingerprint density at radius 1 is 1.38 bits per heavy atom. The molecule has 0 amide bonds. The van der Waals surface area contributed by atoms with Gasteiger partial charge in [-0.25, -0.2) is 8.78 Å². The number of anilines is 1. The van der Waals surface area contributed by atoms with Crippen LogP contribution in [0.5, 0.6) is 0 Å². The standard InChI is InChI=1S/C25H31F2N5/c1-6-17-18(12-30-23(17)22-14(2)8-7-9-20(22)26)19-13-31-32(24(19)25(4,5)27)16-10-21(15(3)28)29-11-16/h7-11,13,17-19,24,29H,3,6,12,28H2,1-2,4-5H3. The Bertz CT molecular complexity index is 1060. The number of aromatic nitrogens is 1. The fraction of sp³-hybridized carbons (Fsp3) is 0.440. The summed E-state index contributed by atoms with van der Waals surface area (Å²) in [6.45, 7) is 11.4. The number of nitrogens with two attached hydrogens (primary N) is 1. The number of nitrogens with one attached hydrogen (secondary N) is 1. The topological polar surface area (TPSA) is 69.8 Å². The van der Waals surface area contributed by atoms with Gasteiger partial charge in [-0.05, 0) is 50.8 Å². The van der Waals surface area contributed by atoms with Gasteiger partial charge < -0.3 is 10.7 Å². The van der Waals surface area contributed by atoms with E-state index in [-0.39, 0.29) is 23.6 Å². The summed E-state index contributed by atoms with van der Waals surface area (Å²) in [7, 11) is 0. The van der Waals surface area contributed by atoms with Crippen LogP contribution in [-0.4, -0.2) is 35.2 Å². The van der Waals surface area contributed by atoms with Crippen LogP contribution in [0.3, 0.4) is 0 Å². The van der Waals surface area contributed by atoms with E-state index in [0.29, 0.717) is 23.5 Å². The lowest BCUT2D eigenvalue weighted by Gasteiger charge is -2.37. The van der Waals surface area contributed by atoms with Crippen molar-refractivity contribution < 1.29 is 8.78 Å². The summed E-state index contributed by atoms with van der Waals surface area (Å²) in [6, 6.07) is 6.41. The predicted molar refractivity (Wildman–Crippen MR) is 127 cm³/mol. The van der Waals surface area contributed by atoms with Crippen LogP contribution in [0.25, 0.3) is 5.70 Å². The van der Waals surface area contributed by atoms with Crippen LogP contribution >= 0.6 is 0 Å². The molecular formula is C25H31F2N5. The van der Waals surface area contributed by atoms with Crippen LogP contribution in [0.2, 0.25) is 0 Å². The molecular weight excluding hydrogens is 408 g/mol. The molecule has 2 aromatic rings.